The number of fused-ring (bicyclic) bond motifs is 1. The molecule has 4 heteroatoms. The van der Waals surface area contributed by atoms with Crippen LogP contribution in [0.5, 0.6) is 0 Å². The largest absolute Gasteiger partial charge is 0.460 e. The molecule has 3 aromatic rings. The van der Waals surface area contributed by atoms with Crippen molar-refractivity contribution in [3.63, 3.8) is 0 Å². The van der Waals surface area contributed by atoms with E-state index in [0.29, 0.717) is 5.75 Å². The Morgan fingerprint density at radius 2 is 1.84 bits per heavy atom. The van der Waals surface area contributed by atoms with E-state index in [1.165, 1.54) is 0 Å². The molecular weight excluding hydrogens is 324 g/mol. The minimum Gasteiger partial charge on any atom is -0.460 e. The average molecular weight is 335 g/mol. The highest BCUT2D eigenvalue weighted by Gasteiger charge is 2.09. The average Bonchev–Trinajstić information content (AvgIpc) is 2.81. The molecule has 0 aliphatic rings. The molecular formula is C15H11BrO2S. The van der Waals surface area contributed by atoms with E-state index in [2.05, 4.69) is 15.9 Å². The monoisotopic (exact) mass is 334 g/mol. The first kappa shape index (κ1) is 12.6. The number of furan rings is 1. The van der Waals surface area contributed by atoms with Crippen LogP contribution in [-0.2, 0) is 16.6 Å². The summed E-state index contributed by atoms with van der Waals surface area (Å²) in [6.45, 7) is 0. The van der Waals surface area contributed by atoms with Crippen LogP contribution in [-0.4, -0.2) is 4.21 Å². The molecule has 0 spiro atoms. The second-order valence-electron chi connectivity index (χ2n) is 4.20. The summed E-state index contributed by atoms with van der Waals surface area (Å²) in [5.41, 5.74) is 0.822. The standard InChI is InChI=1S/C15H11BrO2S/c16-12-6-7-15-11(8-12)9-13(18-15)10-19(17)14-4-2-1-3-5-14/h1-9H,10H2. The van der Waals surface area contributed by atoms with Crippen LogP contribution in [0.1, 0.15) is 5.76 Å². The maximum absolute atomic E-state index is 12.2. The van der Waals surface area contributed by atoms with E-state index in [-0.39, 0.29) is 0 Å². The molecule has 1 heterocycles. The fourth-order valence-electron chi connectivity index (χ4n) is 1.93. The Labute approximate surface area is 122 Å². The zero-order valence-electron chi connectivity index (χ0n) is 10.0. The highest BCUT2D eigenvalue weighted by molar-refractivity contribution is 9.10. The summed E-state index contributed by atoms with van der Waals surface area (Å²) in [6.07, 6.45) is 0. The van der Waals surface area contributed by atoms with E-state index >= 15 is 0 Å². The minimum absolute atomic E-state index is 0.399. The molecule has 0 N–H and O–H groups in total. The summed E-state index contributed by atoms with van der Waals surface area (Å²) < 4.78 is 18.9. The number of halogens is 1. The Hall–Kier alpha value is -1.39. The van der Waals surface area contributed by atoms with E-state index in [9.17, 15) is 4.21 Å². The van der Waals surface area contributed by atoms with E-state index < -0.39 is 10.8 Å². The van der Waals surface area contributed by atoms with Gasteiger partial charge in [-0.25, -0.2) is 0 Å². The summed E-state index contributed by atoms with van der Waals surface area (Å²) in [6, 6.07) is 17.2. The van der Waals surface area contributed by atoms with Gasteiger partial charge in [-0.1, -0.05) is 34.1 Å². The first-order chi connectivity index (χ1) is 9.22. The van der Waals surface area contributed by atoms with Gasteiger partial charge in [0, 0.05) is 14.8 Å². The molecule has 0 aliphatic carbocycles. The van der Waals surface area contributed by atoms with Crippen molar-refractivity contribution >= 4 is 37.7 Å². The molecule has 3 rings (SSSR count). The fourth-order valence-corrected chi connectivity index (χ4v) is 3.33. The number of hydrogen-bond donors (Lipinski definition) is 0. The normalized spacial score (nSPS) is 12.7. The van der Waals surface area contributed by atoms with Gasteiger partial charge in [0.25, 0.3) is 0 Å². The molecule has 2 aromatic carbocycles. The van der Waals surface area contributed by atoms with Crippen molar-refractivity contribution in [2.24, 2.45) is 0 Å². The third-order valence-corrected chi connectivity index (χ3v) is 4.65. The molecule has 1 aromatic heterocycles. The van der Waals surface area contributed by atoms with Crippen LogP contribution < -0.4 is 0 Å². The lowest BCUT2D eigenvalue weighted by Gasteiger charge is -1.98. The van der Waals surface area contributed by atoms with Crippen molar-refractivity contribution in [3.8, 4) is 0 Å². The molecule has 0 saturated carbocycles. The summed E-state index contributed by atoms with van der Waals surface area (Å²) >= 11 is 3.43. The first-order valence-corrected chi connectivity index (χ1v) is 7.95. The summed E-state index contributed by atoms with van der Waals surface area (Å²) in [4.78, 5) is 0.823. The van der Waals surface area contributed by atoms with Crippen LogP contribution >= 0.6 is 15.9 Å². The summed E-state index contributed by atoms with van der Waals surface area (Å²) in [5.74, 6) is 1.14. The molecule has 96 valence electrons. The second-order valence-corrected chi connectivity index (χ2v) is 6.56. The van der Waals surface area contributed by atoms with Crippen LogP contribution in [0.3, 0.4) is 0 Å². The molecule has 1 unspecified atom stereocenters. The maximum atomic E-state index is 12.2. The molecule has 0 amide bonds. The molecule has 0 bridgehead atoms. The predicted molar refractivity (Wildman–Crippen MR) is 80.5 cm³/mol. The van der Waals surface area contributed by atoms with Gasteiger partial charge in [-0.05, 0) is 36.4 Å². The second kappa shape index (κ2) is 5.31. The van der Waals surface area contributed by atoms with Crippen molar-refractivity contribution in [2.45, 2.75) is 10.6 Å². The van der Waals surface area contributed by atoms with Crippen LogP contribution in [0.15, 0.2) is 68.4 Å². The Kier molecular flexibility index (Phi) is 3.53. The van der Waals surface area contributed by atoms with Crippen molar-refractivity contribution < 1.29 is 8.63 Å². The van der Waals surface area contributed by atoms with E-state index in [1.54, 1.807) is 0 Å². The Morgan fingerprint density at radius 1 is 1.05 bits per heavy atom. The molecule has 1 atom stereocenters. The van der Waals surface area contributed by atoms with Crippen LogP contribution in [0, 0.1) is 0 Å². The summed E-state index contributed by atoms with van der Waals surface area (Å²) in [5, 5.41) is 1.02. The lowest BCUT2D eigenvalue weighted by molar-refractivity contribution is 0.570. The van der Waals surface area contributed by atoms with Crippen molar-refractivity contribution in [2.75, 3.05) is 0 Å². The van der Waals surface area contributed by atoms with Gasteiger partial charge in [0.1, 0.15) is 11.3 Å². The van der Waals surface area contributed by atoms with Crippen LogP contribution in [0.4, 0.5) is 0 Å². The molecule has 0 fully saturated rings. The van der Waals surface area contributed by atoms with Crippen LogP contribution in [0.2, 0.25) is 0 Å². The number of hydrogen-bond acceptors (Lipinski definition) is 2. The van der Waals surface area contributed by atoms with Crippen LogP contribution in [0.25, 0.3) is 11.0 Å². The fraction of sp³-hybridized carbons (Fsp3) is 0.0667. The lowest BCUT2D eigenvalue weighted by atomic mass is 10.2. The smallest absolute Gasteiger partial charge is 0.134 e. The van der Waals surface area contributed by atoms with E-state index in [1.807, 2.05) is 54.6 Å². The lowest BCUT2D eigenvalue weighted by Crippen LogP contribution is -1.94. The SMILES string of the molecule is O=S(Cc1cc2cc(Br)ccc2o1)c1ccccc1. The van der Waals surface area contributed by atoms with Gasteiger partial charge in [-0.2, -0.15) is 0 Å². The van der Waals surface area contributed by atoms with E-state index in [0.717, 1.165) is 26.1 Å². The highest BCUT2D eigenvalue weighted by atomic mass is 79.9. The molecule has 0 radical (unpaired) electrons. The van der Waals surface area contributed by atoms with Gasteiger partial charge in [-0.3, -0.25) is 4.21 Å². The third-order valence-electron chi connectivity index (χ3n) is 2.81. The zero-order chi connectivity index (χ0) is 13.2. The summed E-state index contributed by atoms with van der Waals surface area (Å²) in [7, 11) is -1.07. The van der Waals surface area contributed by atoms with Gasteiger partial charge in [0.2, 0.25) is 0 Å². The molecule has 19 heavy (non-hydrogen) atoms. The van der Waals surface area contributed by atoms with Gasteiger partial charge in [-0.15, -0.1) is 0 Å². The molecule has 2 nitrogen and oxygen atoms in total. The zero-order valence-corrected chi connectivity index (χ0v) is 12.4. The Bertz CT molecular complexity index is 734. The maximum Gasteiger partial charge on any atom is 0.134 e. The Balaban J connectivity index is 1.87. The quantitative estimate of drug-likeness (QED) is 0.705. The predicted octanol–water partition coefficient (Wildman–Crippen LogP) is 4.50. The van der Waals surface area contributed by atoms with Gasteiger partial charge in [0.15, 0.2) is 0 Å². The van der Waals surface area contributed by atoms with Gasteiger partial charge >= 0.3 is 0 Å². The van der Waals surface area contributed by atoms with Crippen molar-refractivity contribution in [1.29, 1.82) is 0 Å². The third kappa shape index (κ3) is 2.80. The Morgan fingerprint density at radius 3 is 2.63 bits per heavy atom. The topological polar surface area (TPSA) is 30.2 Å². The highest BCUT2D eigenvalue weighted by Crippen LogP contribution is 2.24. The minimum atomic E-state index is -1.07. The van der Waals surface area contributed by atoms with Crippen molar-refractivity contribution in [1.82, 2.24) is 0 Å². The number of benzene rings is 2. The van der Waals surface area contributed by atoms with E-state index in [4.69, 9.17) is 4.42 Å². The first-order valence-electron chi connectivity index (χ1n) is 5.84. The molecule has 0 saturated heterocycles. The van der Waals surface area contributed by atoms with Gasteiger partial charge in [0.05, 0.1) is 16.6 Å². The number of rotatable bonds is 3. The van der Waals surface area contributed by atoms with Gasteiger partial charge < -0.3 is 4.42 Å². The van der Waals surface area contributed by atoms with Crippen molar-refractivity contribution in [3.05, 3.63) is 64.8 Å². The molecule has 0 aliphatic heterocycles.